The van der Waals surface area contributed by atoms with Gasteiger partial charge in [0.2, 0.25) is 0 Å². The zero-order valence-corrected chi connectivity index (χ0v) is 12.5. The van der Waals surface area contributed by atoms with Gasteiger partial charge in [-0.05, 0) is 34.2 Å². The molecule has 0 aliphatic heterocycles. The van der Waals surface area contributed by atoms with Crippen molar-refractivity contribution in [1.82, 2.24) is 15.5 Å². The minimum Gasteiger partial charge on any atom is -0.396 e. The van der Waals surface area contributed by atoms with Crippen LogP contribution in [-0.4, -0.2) is 34.4 Å². The summed E-state index contributed by atoms with van der Waals surface area (Å²) in [6.07, 6.45) is 0.680. The first-order valence-electron chi connectivity index (χ1n) is 6.10. The number of hydrogen-bond acceptors (Lipinski definition) is 3. The minimum atomic E-state index is -0.199. The third-order valence-corrected chi connectivity index (χ3v) is 3.56. The second-order valence-electron chi connectivity index (χ2n) is 4.78. The van der Waals surface area contributed by atoms with Crippen LogP contribution in [0.1, 0.15) is 49.3 Å². The van der Waals surface area contributed by atoms with E-state index >= 15 is 0 Å². The molecule has 1 atom stereocenters. The van der Waals surface area contributed by atoms with Crippen LogP contribution in [0, 0.1) is 5.92 Å². The summed E-state index contributed by atoms with van der Waals surface area (Å²) in [6, 6.07) is 0. The molecule has 0 fully saturated rings. The van der Waals surface area contributed by atoms with Gasteiger partial charge in [0, 0.05) is 13.2 Å². The molecule has 0 saturated heterocycles. The van der Waals surface area contributed by atoms with Gasteiger partial charge >= 0.3 is 0 Å². The molecule has 1 aromatic rings. The van der Waals surface area contributed by atoms with Crippen molar-refractivity contribution in [2.24, 2.45) is 5.92 Å². The van der Waals surface area contributed by atoms with E-state index in [0.29, 0.717) is 18.7 Å². The number of aromatic amines is 1. The third kappa shape index (κ3) is 3.81. The van der Waals surface area contributed by atoms with E-state index < -0.39 is 0 Å². The van der Waals surface area contributed by atoms with Gasteiger partial charge in [0.05, 0.1) is 10.2 Å². The molecule has 3 N–H and O–H groups in total. The van der Waals surface area contributed by atoms with E-state index in [1.165, 1.54) is 0 Å². The number of hydrogen-bond donors (Lipinski definition) is 3. The SMILES string of the molecule is CC(CCO)CNC(=O)c1n[nH]c(C(C)C)c1Br. The number of carbonyl (C=O) groups excluding carboxylic acids is 1. The zero-order valence-electron chi connectivity index (χ0n) is 11.0. The molecular formula is C12H20BrN3O2. The predicted molar refractivity (Wildman–Crippen MR) is 73.6 cm³/mol. The highest BCUT2D eigenvalue weighted by Gasteiger charge is 2.19. The smallest absolute Gasteiger partial charge is 0.272 e. The van der Waals surface area contributed by atoms with E-state index in [-0.39, 0.29) is 24.3 Å². The maximum Gasteiger partial charge on any atom is 0.272 e. The fourth-order valence-corrected chi connectivity index (χ4v) is 2.36. The van der Waals surface area contributed by atoms with Crippen molar-refractivity contribution >= 4 is 21.8 Å². The van der Waals surface area contributed by atoms with Crippen LogP contribution >= 0.6 is 15.9 Å². The molecular weight excluding hydrogens is 298 g/mol. The Morgan fingerprint density at radius 2 is 2.17 bits per heavy atom. The number of nitrogens with one attached hydrogen (secondary N) is 2. The van der Waals surface area contributed by atoms with Crippen LogP contribution in [0.5, 0.6) is 0 Å². The lowest BCUT2D eigenvalue weighted by atomic mass is 10.1. The summed E-state index contributed by atoms with van der Waals surface area (Å²) >= 11 is 3.40. The number of H-pyrrole nitrogens is 1. The van der Waals surface area contributed by atoms with Crippen molar-refractivity contribution in [3.63, 3.8) is 0 Å². The highest BCUT2D eigenvalue weighted by molar-refractivity contribution is 9.10. The van der Waals surface area contributed by atoms with Crippen molar-refractivity contribution < 1.29 is 9.90 Å². The summed E-state index contributed by atoms with van der Waals surface area (Å²) in [7, 11) is 0. The number of aliphatic hydroxyl groups is 1. The lowest BCUT2D eigenvalue weighted by molar-refractivity contribution is 0.0939. The molecule has 6 heteroatoms. The van der Waals surface area contributed by atoms with Crippen molar-refractivity contribution in [3.05, 3.63) is 15.9 Å². The lowest BCUT2D eigenvalue weighted by Crippen LogP contribution is -2.29. The number of aliphatic hydroxyl groups excluding tert-OH is 1. The maximum atomic E-state index is 11.9. The molecule has 0 aliphatic rings. The van der Waals surface area contributed by atoms with Gasteiger partial charge in [0.1, 0.15) is 0 Å². The Balaban J connectivity index is 2.62. The standard InChI is InChI=1S/C12H20BrN3O2/c1-7(2)10-9(13)11(16-15-10)12(18)14-6-8(3)4-5-17/h7-8,17H,4-6H2,1-3H3,(H,14,18)(H,15,16). The summed E-state index contributed by atoms with van der Waals surface area (Å²) in [5.74, 6) is 0.331. The van der Waals surface area contributed by atoms with E-state index in [1.807, 2.05) is 20.8 Å². The summed E-state index contributed by atoms with van der Waals surface area (Å²) in [5, 5.41) is 18.5. The molecule has 1 rings (SSSR count). The van der Waals surface area contributed by atoms with Gasteiger partial charge in [-0.15, -0.1) is 0 Å². The molecule has 18 heavy (non-hydrogen) atoms. The van der Waals surface area contributed by atoms with Crippen LogP contribution < -0.4 is 5.32 Å². The zero-order chi connectivity index (χ0) is 13.7. The van der Waals surface area contributed by atoms with Gasteiger partial charge in [-0.2, -0.15) is 5.10 Å². The average Bonchev–Trinajstić information content (AvgIpc) is 2.68. The molecule has 0 radical (unpaired) electrons. The van der Waals surface area contributed by atoms with E-state index in [2.05, 4.69) is 31.4 Å². The van der Waals surface area contributed by atoms with Crippen LogP contribution in [0.2, 0.25) is 0 Å². The van der Waals surface area contributed by atoms with E-state index in [1.54, 1.807) is 0 Å². The Bertz CT molecular complexity index is 404. The number of carbonyl (C=O) groups is 1. The summed E-state index contributed by atoms with van der Waals surface area (Å²) in [4.78, 5) is 11.9. The second kappa shape index (κ2) is 6.89. The summed E-state index contributed by atoms with van der Waals surface area (Å²) in [6.45, 7) is 6.72. The molecule has 1 amide bonds. The van der Waals surface area contributed by atoms with Gasteiger partial charge in [0.25, 0.3) is 5.91 Å². The predicted octanol–water partition coefficient (Wildman–Crippen LogP) is 2.04. The first kappa shape index (κ1) is 15.2. The van der Waals surface area contributed by atoms with Gasteiger partial charge in [-0.3, -0.25) is 9.89 Å². The molecule has 0 aromatic carbocycles. The van der Waals surface area contributed by atoms with Crippen LogP contribution in [0.25, 0.3) is 0 Å². The van der Waals surface area contributed by atoms with Crippen LogP contribution in [0.3, 0.4) is 0 Å². The highest BCUT2D eigenvalue weighted by atomic mass is 79.9. The largest absolute Gasteiger partial charge is 0.396 e. The average molecular weight is 318 g/mol. The number of aromatic nitrogens is 2. The lowest BCUT2D eigenvalue weighted by Gasteiger charge is -2.10. The molecule has 0 saturated carbocycles. The quantitative estimate of drug-likeness (QED) is 0.751. The Hall–Kier alpha value is -0.880. The first-order chi connectivity index (χ1) is 8.47. The van der Waals surface area contributed by atoms with Crippen molar-refractivity contribution in [2.45, 2.75) is 33.1 Å². The van der Waals surface area contributed by atoms with Crippen molar-refractivity contribution in [3.8, 4) is 0 Å². The number of rotatable bonds is 6. The Morgan fingerprint density at radius 1 is 1.50 bits per heavy atom. The maximum absolute atomic E-state index is 11.9. The van der Waals surface area contributed by atoms with Gasteiger partial charge < -0.3 is 10.4 Å². The molecule has 102 valence electrons. The number of halogens is 1. The molecule has 0 aliphatic carbocycles. The van der Waals surface area contributed by atoms with Crippen molar-refractivity contribution in [2.75, 3.05) is 13.2 Å². The number of nitrogens with zero attached hydrogens (tertiary/aromatic N) is 1. The van der Waals surface area contributed by atoms with E-state index in [0.717, 1.165) is 10.2 Å². The Morgan fingerprint density at radius 3 is 2.67 bits per heavy atom. The van der Waals surface area contributed by atoms with Crippen LogP contribution in [-0.2, 0) is 0 Å². The van der Waals surface area contributed by atoms with Gasteiger partial charge in [-0.1, -0.05) is 20.8 Å². The highest BCUT2D eigenvalue weighted by Crippen LogP contribution is 2.25. The molecule has 1 aromatic heterocycles. The molecule has 0 spiro atoms. The fourth-order valence-electron chi connectivity index (χ4n) is 1.55. The first-order valence-corrected chi connectivity index (χ1v) is 6.89. The van der Waals surface area contributed by atoms with Gasteiger partial charge in [0.15, 0.2) is 5.69 Å². The Labute approximate surface area is 115 Å². The summed E-state index contributed by atoms with van der Waals surface area (Å²) in [5.41, 5.74) is 1.30. The topological polar surface area (TPSA) is 78.0 Å². The van der Waals surface area contributed by atoms with E-state index in [9.17, 15) is 4.79 Å². The molecule has 1 unspecified atom stereocenters. The Kier molecular flexibility index (Phi) is 5.81. The fraction of sp³-hybridized carbons (Fsp3) is 0.667. The number of amides is 1. The molecule has 5 nitrogen and oxygen atoms in total. The van der Waals surface area contributed by atoms with Crippen LogP contribution in [0.4, 0.5) is 0 Å². The monoisotopic (exact) mass is 317 g/mol. The third-order valence-electron chi connectivity index (χ3n) is 2.76. The van der Waals surface area contributed by atoms with E-state index in [4.69, 9.17) is 5.11 Å². The minimum absolute atomic E-state index is 0.140. The van der Waals surface area contributed by atoms with Crippen LogP contribution in [0.15, 0.2) is 4.47 Å². The second-order valence-corrected chi connectivity index (χ2v) is 5.58. The van der Waals surface area contributed by atoms with Gasteiger partial charge in [-0.25, -0.2) is 0 Å². The molecule has 0 bridgehead atoms. The molecule has 1 heterocycles. The normalized spacial score (nSPS) is 12.8. The summed E-state index contributed by atoms with van der Waals surface area (Å²) < 4.78 is 0.727. The van der Waals surface area contributed by atoms with Crippen molar-refractivity contribution in [1.29, 1.82) is 0 Å².